The number of esters is 1. The number of rotatable bonds is 7. The van der Waals surface area contributed by atoms with Gasteiger partial charge in [-0.25, -0.2) is 0 Å². The molecule has 1 heterocycles. The second-order valence-electron chi connectivity index (χ2n) is 6.73. The van der Waals surface area contributed by atoms with E-state index in [1.807, 2.05) is 20.8 Å². The molecule has 1 N–H and O–H groups in total. The number of hydrogen-bond donors (Lipinski definition) is 1. The monoisotopic (exact) mass is 376 g/mol. The van der Waals surface area contributed by atoms with E-state index in [0.717, 1.165) is 19.3 Å². The summed E-state index contributed by atoms with van der Waals surface area (Å²) >= 11 is 0. The molecule has 1 aliphatic rings. The molecule has 2 rings (SSSR count). The van der Waals surface area contributed by atoms with Crippen LogP contribution in [0.5, 0.6) is 5.75 Å². The Labute approximate surface area is 160 Å². The summed E-state index contributed by atoms with van der Waals surface area (Å²) in [6.07, 6.45) is 3.02. The molecule has 1 aromatic carbocycles. The third-order valence-corrected chi connectivity index (χ3v) is 4.66. The van der Waals surface area contributed by atoms with Crippen LogP contribution in [0.15, 0.2) is 24.3 Å². The van der Waals surface area contributed by atoms with Crippen LogP contribution >= 0.6 is 0 Å². The zero-order valence-corrected chi connectivity index (χ0v) is 16.2. The van der Waals surface area contributed by atoms with Crippen molar-refractivity contribution in [3.05, 3.63) is 29.8 Å². The van der Waals surface area contributed by atoms with E-state index in [0.29, 0.717) is 17.9 Å². The van der Waals surface area contributed by atoms with Crippen molar-refractivity contribution in [2.75, 3.05) is 19.8 Å². The molecule has 2 amide bonds. The number of piperidine rings is 1. The third kappa shape index (κ3) is 5.98. The van der Waals surface area contributed by atoms with Gasteiger partial charge in [-0.05, 0) is 64.3 Å². The lowest BCUT2D eigenvalue weighted by Gasteiger charge is -2.38. The molecular formula is C20H28N2O5. The molecule has 7 nitrogen and oxygen atoms in total. The minimum atomic E-state index is -0.639. The van der Waals surface area contributed by atoms with Crippen molar-refractivity contribution in [2.45, 2.75) is 52.1 Å². The summed E-state index contributed by atoms with van der Waals surface area (Å²) in [6, 6.07) is 6.92. The van der Waals surface area contributed by atoms with Crippen LogP contribution in [0.2, 0.25) is 0 Å². The molecule has 0 unspecified atom stereocenters. The van der Waals surface area contributed by atoms with Gasteiger partial charge < -0.3 is 19.7 Å². The molecule has 0 aromatic heterocycles. The Hall–Kier alpha value is -2.57. The Morgan fingerprint density at radius 3 is 2.33 bits per heavy atom. The fourth-order valence-electron chi connectivity index (χ4n) is 3.30. The van der Waals surface area contributed by atoms with E-state index in [4.69, 9.17) is 9.47 Å². The number of hydrogen-bond acceptors (Lipinski definition) is 5. The van der Waals surface area contributed by atoms with E-state index in [-0.39, 0.29) is 37.0 Å². The van der Waals surface area contributed by atoms with E-state index in [1.54, 1.807) is 29.2 Å². The SMILES string of the molecule is CCOc1ccc(C(=O)NCC(=O)OCC(=O)N2[C@H](C)CCC[C@H]2C)cc1. The van der Waals surface area contributed by atoms with E-state index in [2.05, 4.69) is 5.32 Å². The Balaban J connectivity index is 1.75. The van der Waals surface area contributed by atoms with Crippen molar-refractivity contribution >= 4 is 17.8 Å². The number of benzene rings is 1. The zero-order chi connectivity index (χ0) is 19.8. The number of likely N-dealkylation sites (tertiary alicyclic amines) is 1. The molecule has 1 saturated heterocycles. The van der Waals surface area contributed by atoms with Gasteiger partial charge in [-0.3, -0.25) is 14.4 Å². The average Bonchev–Trinajstić information content (AvgIpc) is 2.65. The van der Waals surface area contributed by atoms with Crippen molar-refractivity contribution in [1.82, 2.24) is 10.2 Å². The first-order valence-corrected chi connectivity index (χ1v) is 9.40. The average molecular weight is 376 g/mol. The Kier molecular flexibility index (Phi) is 7.64. The van der Waals surface area contributed by atoms with Crippen LogP contribution in [-0.4, -0.2) is 54.5 Å². The maximum Gasteiger partial charge on any atom is 0.325 e. The molecule has 0 bridgehead atoms. The number of nitrogens with one attached hydrogen (secondary N) is 1. The highest BCUT2D eigenvalue weighted by molar-refractivity contribution is 5.96. The topological polar surface area (TPSA) is 84.9 Å². The molecule has 0 radical (unpaired) electrons. The van der Waals surface area contributed by atoms with E-state index in [1.165, 1.54) is 0 Å². The van der Waals surface area contributed by atoms with Crippen LogP contribution in [0.1, 0.15) is 50.4 Å². The van der Waals surface area contributed by atoms with Crippen molar-refractivity contribution in [3.63, 3.8) is 0 Å². The van der Waals surface area contributed by atoms with Gasteiger partial charge in [0, 0.05) is 17.6 Å². The number of carbonyl (C=O) groups excluding carboxylic acids is 3. The fraction of sp³-hybridized carbons (Fsp3) is 0.550. The molecule has 2 atom stereocenters. The summed E-state index contributed by atoms with van der Waals surface area (Å²) < 4.78 is 10.3. The molecular weight excluding hydrogens is 348 g/mol. The molecule has 27 heavy (non-hydrogen) atoms. The largest absolute Gasteiger partial charge is 0.494 e. The fourth-order valence-corrected chi connectivity index (χ4v) is 3.30. The molecule has 1 fully saturated rings. The van der Waals surface area contributed by atoms with E-state index in [9.17, 15) is 14.4 Å². The third-order valence-electron chi connectivity index (χ3n) is 4.66. The number of carbonyl (C=O) groups is 3. The molecule has 0 spiro atoms. The standard InChI is InChI=1S/C20H28N2O5/c1-4-26-17-10-8-16(9-11-17)20(25)21-12-19(24)27-13-18(23)22-14(2)6-5-7-15(22)3/h8-11,14-15H,4-7,12-13H2,1-3H3,(H,21,25)/t14-,15-/m1/s1. The summed E-state index contributed by atoms with van der Waals surface area (Å²) in [5, 5.41) is 2.49. The normalized spacial score (nSPS) is 19.3. The number of nitrogens with zero attached hydrogens (tertiary/aromatic N) is 1. The van der Waals surface area contributed by atoms with Gasteiger partial charge in [0.15, 0.2) is 6.61 Å². The first-order valence-electron chi connectivity index (χ1n) is 9.40. The van der Waals surface area contributed by atoms with Crippen molar-refractivity contribution < 1.29 is 23.9 Å². The number of amides is 2. The van der Waals surface area contributed by atoms with E-state index >= 15 is 0 Å². The zero-order valence-electron chi connectivity index (χ0n) is 16.2. The van der Waals surface area contributed by atoms with Crippen molar-refractivity contribution in [3.8, 4) is 5.75 Å². The minimum Gasteiger partial charge on any atom is -0.494 e. The lowest BCUT2D eigenvalue weighted by atomic mass is 9.97. The second kappa shape index (κ2) is 9.94. The first-order chi connectivity index (χ1) is 12.9. The second-order valence-corrected chi connectivity index (χ2v) is 6.73. The highest BCUT2D eigenvalue weighted by Crippen LogP contribution is 2.22. The molecule has 7 heteroatoms. The van der Waals surface area contributed by atoms with Crippen molar-refractivity contribution in [2.24, 2.45) is 0 Å². The molecule has 0 saturated carbocycles. The maximum absolute atomic E-state index is 12.3. The molecule has 1 aliphatic heterocycles. The number of ether oxygens (including phenoxy) is 2. The summed E-state index contributed by atoms with van der Waals surface area (Å²) in [6.45, 7) is 5.85. The van der Waals surface area contributed by atoms with Gasteiger partial charge in [-0.15, -0.1) is 0 Å². The van der Waals surface area contributed by atoms with Crippen molar-refractivity contribution in [1.29, 1.82) is 0 Å². The van der Waals surface area contributed by atoms with E-state index < -0.39 is 5.97 Å². The van der Waals surface area contributed by atoms with Crippen LogP contribution in [0.25, 0.3) is 0 Å². The van der Waals surface area contributed by atoms with Gasteiger partial charge in [0.2, 0.25) is 0 Å². The Morgan fingerprint density at radius 2 is 1.74 bits per heavy atom. The maximum atomic E-state index is 12.3. The van der Waals surface area contributed by atoms with Crippen LogP contribution in [0, 0.1) is 0 Å². The highest BCUT2D eigenvalue weighted by Gasteiger charge is 2.29. The summed E-state index contributed by atoms with van der Waals surface area (Å²) in [5.41, 5.74) is 0.415. The van der Waals surface area contributed by atoms with Gasteiger partial charge in [-0.1, -0.05) is 0 Å². The Morgan fingerprint density at radius 1 is 1.11 bits per heavy atom. The summed E-state index contributed by atoms with van der Waals surface area (Å²) in [4.78, 5) is 38.0. The lowest BCUT2D eigenvalue weighted by molar-refractivity contribution is -0.154. The summed E-state index contributed by atoms with van der Waals surface area (Å²) in [5.74, 6) is -0.548. The molecule has 148 valence electrons. The summed E-state index contributed by atoms with van der Waals surface area (Å²) in [7, 11) is 0. The predicted octanol–water partition coefficient (Wildman–Crippen LogP) is 2.15. The van der Waals surface area contributed by atoms with Gasteiger partial charge in [0.05, 0.1) is 6.61 Å². The minimum absolute atomic E-state index is 0.152. The van der Waals surface area contributed by atoms with Gasteiger partial charge >= 0.3 is 5.97 Å². The van der Waals surface area contributed by atoms with Gasteiger partial charge in [-0.2, -0.15) is 0 Å². The van der Waals surface area contributed by atoms with Crippen LogP contribution in [-0.2, 0) is 14.3 Å². The lowest BCUT2D eigenvalue weighted by Crippen LogP contribution is -2.49. The van der Waals surface area contributed by atoms with Crippen LogP contribution in [0.3, 0.4) is 0 Å². The highest BCUT2D eigenvalue weighted by atomic mass is 16.5. The van der Waals surface area contributed by atoms with Crippen LogP contribution in [0.4, 0.5) is 0 Å². The first kappa shape index (κ1) is 20.7. The Bertz CT molecular complexity index is 649. The predicted molar refractivity (Wildman–Crippen MR) is 101 cm³/mol. The quantitative estimate of drug-likeness (QED) is 0.737. The smallest absolute Gasteiger partial charge is 0.325 e. The molecule has 1 aromatic rings. The molecule has 0 aliphatic carbocycles. The van der Waals surface area contributed by atoms with Gasteiger partial charge in [0.25, 0.3) is 11.8 Å². The van der Waals surface area contributed by atoms with Crippen LogP contribution < -0.4 is 10.1 Å². The van der Waals surface area contributed by atoms with Gasteiger partial charge in [0.1, 0.15) is 12.3 Å².